The molecule has 0 heterocycles. The third-order valence-corrected chi connectivity index (χ3v) is 3.62. The van der Waals surface area contributed by atoms with E-state index in [1.54, 1.807) is 12.1 Å². The summed E-state index contributed by atoms with van der Waals surface area (Å²) in [4.78, 5) is 23.3. The molecule has 0 unspecified atom stereocenters. The molecule has 2 N–H and O–H groups in total. The minimum Gasteiger partial charge on any atom is -0.508 e. The molecule has 0 bridgehead atoms. The van der Waals surface area contributed by atoms with E-state index >= 15 is 0 Å². The van der Waals surface area contributed by atoms with Crippen LogP contribution < -0.4 is 5.32 Å². The van der Waals surface area contributed by atoms with Gasteiger partial charge in [-0.1, -0.05) is 31.4 Å². The number of phenols is 1. The van der Waals surface area contributed by atoms with Crippen molar-refractivity contribution in [1.29, 1.82) is 0 Å². The SMILES string of the molecule is O=C(COC(=O)Cc1ccc(O)cc1)NC1CCCCC1. The Kier molecular flexibility index (Phi) is 5.60. The summed E-state index contributed by atoms with van der Waals surface area (Å²) in [5, 5.41) is 12.0. The quantitative estimate of drug-likeness (QED) is 0.813. The fourth-order valence-electron chi connectivity index (χ4n) is 2.49. The Balaban J connectivity index is 1.68. The molecule has 5 nitrogen and oxygen atoms in total. The number of hydrogen-bond acceptors (Lipinski definition) is 4. The predicted octanol–water partition coefficient (Wildman–Crippen LogP) is 1.93. The van der Waals surface area contributed by atoms with Crippen molar-refractivity contribution in [1.82, 2.24) is 5.32 Å². The molecule has 0 spiro atoms. The maximum absolute atomic E-state index is 11.7. The molecular formula is C16H21NO4. The lowest BCUT2D eigenvalue weighted by Gasteiger charge is -2.22. The average Bonchev–Trinajstić information content (AvgIpc) is 2.49. The van der Waals surface area contributed by atoms with E-state index in [0.717, 1.165) is 31.2 Å². The first kappa shape index (κ1) is 15.4. The standard InChI is InChI=1S/C16H21NO4/c18-14-8-6-12(7-9-14)10-16(20)21-11-15(19)17-13-4-2-1-3-5-13/h6-9,13,18H,1-5,10-11H2,(H,17,19). The van der Waals surface area contributed by atoms with Gasteiger partial charge in [0.15, 0.2) is 6.61 Å². The van der Waals surface area contributed by atoms with Crippen LogP contribution in [0.5, 0.6) is 5.75 Å². The number of hydrogen-bond donors (Lipinski definition) is 2. The van der Waals surface area contributed by atoms with Crippen LogP contribution >= 0.6 is 0 Å². The molecule has 114 valence electrons. The number of ether oxygens (including phenoxy) is 1. The van der Waals surface area contributed by atoms with Crippen LogP contribution in [0.4, 0.5) is 0 Å². The summed E-state index contributed by atoms with van der Waals surface area (Å²) in [5.41, 5.74) is 0.741. The lowest BCUT2D eigenvalue weighted by Crippen LogP contribution is -2.38. The molecule has 1 amide bonds. The van der Waals surface area contributed by atoms with Crippen molar-refractivity contribution >= 4 is 11.9 Å². The Morgan fingerprint density at radius 2 is 1.81 bits per heavy atom. The van der Waals surface area contributed by atoms with Gasteiger partial charge in [-0.3, -0.25) is 9.59 Å². The highest BCUT2D eigenvalue weighted by Crippen LogP contribution is 2.17. The van der Waals surface area contributed by atoms with Crippen LogP contribution in [-0.2, 0) is 20.7 Å². The maximum atomic E-state index is 11.7. The van der Waals surface area contributed by atoms with Gasteiger partial charge < -0.3 is 15.2 Å². The number of aromatic hydroxyl groups is 1. The van der Waals surface area contributed by atoms with Crippen LogP contribution in [0.25, 0.3) is 0 Å². The number of phenolic OH excluding ortho intramolecular Hbond substituents is 1. The van der Waals surface area contributed by atoms with Crippen LogP contribution in [0, 0.1) is 0 Å². The van der Waals surface area contributed by atoms with Crippen molar-refractivity contribution in [3.8, 4) is 5.75 Å². The minimum absolute atomic E-state index is 0.0942. The van der Waals surface area contributed by atoms with Crippen LogP contribution in [0.1, 0.15) is 37.7 Å². The molecule has 5 heteroatoms. The highest BCUT2D eigenvalue weighted by Gasteiger charge is 2.16. The molecule has 0 radical (unpaired) electrons. The van der Waals surface area contributed by atoms with Gasteiger partial charge in [0.2, 0.25) is 0 Å². The molecule has 0 aliphatic heterocycles. The summed E-state index contributed by atoms with van der Waals surface area (Å²) in [5.74, 6) is -0.528. The number of rotatable bonds is 5. The molecular weight excluding hydrogens is 270 g/mol. The monoisotopic (exact) mass is 291 g/mol. The van der Waals surface area contributed by atoms with Crippen molar-refractivity contribution in [3.63, 3.8) is 0 Å². The van der Waals surface area contributed by atoms with Gasteiger partial charge in [0.05, 0.1) is 6.42 Å². The number of nitrogens with one attached hydrogen (secondary N) is 1. The van der Waals surface area contributed by atoms with Crippen molar-refractivity contribution in [2.45, 2.75) is 44.6 Å². The number of carbonyl (C=O) groups is 2. The third kappa shape index (κ3) is 5.45. The summed E-state index contributed by atoms with van der Waals surface area (Å²) in [6, 6.07) is 6.55. The van der Waals surface area contributed by atoms with E-state index in [2.05, 4.69) is 5.32 Å². The molecule has 0 saturated heterocycles. The number of esters is 1. The zero-order valence-corrected chi connectivity index (χ0v) is 12.0. The second kappa shape index (κ2) is 7.67. The maximum Gasteiger partial charge on any atom is 0.310 e. The van der Waals surface area contributed by atoms with E-state index < -0.39 is 5.97 Å². The summed E-state index contributed by atoms with van der Waals surface area (Å²) >= 11 is 0. The largest absolute Gasteiger partial charge is 0.508 e. The lowest BCUT2D eigenvalue weighted by atomic mass is 9.95. The van der Waals surface area contributed by atoms with Gasteiger partial charge in [0.1, 0.15) is 5.75 Å². The van der Waals surface area contributed by atoms with Crippen molar-refractivity contribution in [3.05, 3.63) is 29.8 Å². The van der Waals surface area contributed by atoms with E-state index in [1.165, 1.54) is 18.6 Å². The van der Waals surface area contributed by atoms with Gasteiger partial charge in [-0.25, -0.2) is 0 Å². The highest BCUT2D eigenvalue weighted by atomic mass is 16.5. The Labute approximate surface area is 124 Å². The fourth-order valence-corrected chi connectivity index (χ4v) is 2.49. The van der Waals surface area contributed by atoms with Crippen molar-refractivity contribution in [2.75, 3.05) is 6.61 Å². The Hall–Kier alpha value is -2.04. The van der Waals surface area contributed by atoms with E-state index in [0.29, 0.717) is 0 Å². The second-order valence-electron chi connectivity index (χ2n) is 5.41. The molecule has 1 aliphatic rings. The molecule has 21 heavy (non-hydrogen) atoms. The summed E-state index contributed by atoms with van der Waals surface area (Å²) in [6.45, 7) is -0.229. The Morgan fingerprint density at radius 3 is 2.48 bits per heavy atom. The second-order valence-corrected chi connectivity index (χ2v) is 5.41. The fraction of sp³-hybridized carbons (Fsp3) is 0.500. The molecule has 2 rings (SSSR count). The van der Waals surface area contributed by atoms with E-state index in [1.807, 2.05) is 0 Å². The highest BCUT2D eigenvalue weighted by molar-refractivity contribution is 5.81. The Bertz CT molecular complexity index is 478. The molecule has 1 aromatic rings. The van der Waals surface area contributed by atoms with E-state index in [4.69, 9.17) is 9.84 Å². The molecule has 1 aliphatic carbocycles. The first-order valence-corrected chi connectivity index (χ1v) is 7.36. The van der Waals surface area contributed by atoms with Gasteiger partial charge in [0, 0.05) is 6.04 Å². The molecule has 1 aromatic carbocycles. The molecule has 0 aromatic heterocycles. The minimum atomic E-state index is -0.445. The van der Waals surface area contributed by atoms with Gasteiger partial charge >= 0.3 is 5.97 Å². The third-order valence-electron chi connectivity index (χ3n) is 3.62. The van der Waals surface area contributed by atoms with Gasteiger partial charge in [-0.2, -0.15) is 0 Å². The van der Waals surface area contributed by atoms with E-state index in [9.17, 15) is 9.59 Å². The van der Waals surface area contributed by atoms with Crippen LogP contribution in [-0.4, -0.2) is 29.6 Å². The Morgan fingerprint density at radius 1 is 1.14 bits per heavy atom. The van der Waals surface area contributed by atoms with Crippen LogP contribution in [0.2, 0.25) is 0 Å². The zero-order chi connectivity index (χ0) is 15.1. The average molecular weight is 291 g/mol. The van der Waals surface area contributed by atoms with Crippen molar-refractivity contribution < 1.29 is 19.4 Å². The molecule has 0 atom stereocenters. The topological polar surface area (TPSA) is 75.6 Å². The number of carbonyl (C=O) groups excluding carboxylic acids is 2. The van der Waals surface area contributed by atoms with Gasteiger partial charge in [0.25, 0.3) is 5.91 Å². The summed E-state index contributed by atoms with van der Waals surface area (Å²) in [7, 11) is 0. The first-order chi connectivity index (χ1) is 10.1. The van der Waals surface area contributed by atoms with Crippen molar-refractivity contribution in [2.24, 2.45) is 0 Å². The number of amides is 1. The van der Waals surface area contributed by atoms with Crippen LogP contribution in [0.3, 0.4) is 0 Å². The normalized spacial score (nSPS) is 15.4. The van der Waals surface area contributed by atoms with Gasteiger partial charge in [-0.05, 0) is 30.5 Å². The number of benzene rings is 1. The summed E-state index contributed by atoms with van der Waals surface area (Å²) in [6.07, 6.45) is 5.63. The molecule has 1 fully saturated rings. The smallest absolute Gasteiger partial charge is 0.310 e. The van der Waals surface area contributed by atoms with Gasteiger partial charge in [-0.15, -0.1) is 0 Å². The van der Waals surface area contributed by atoms with E-state index in [-0.39, 0.29) is 30.7 Å². The molecule has 1 saturated carbocycles. The first-order valence-electron chi connectivity index (χ1n) is 7.36. The summed E-state index contributed by atoms with van der Waals surface area (Å²) < 4.78 is 4.97. The zero-order valence-electron chi connectivity index (χ0n) is 12.0. The lowest BCUT2D eigenvalue weighted by molar-refractivity contribution is -0.148. The van der Waals surface area contributed by atoms with Crippen LogP contribution in [0.15, 0.2) is 24.3 Å². The predicted molar refractivity (Wildman–Crippen MR) is 77.8 cm³/mol.